The molecular formula is C13H13ClF2N2O. The molecule has 0 amide bonds. The van der Waals surface area contributed by atoms with E-state index in [-0.39, 0.29) is 16.5 Å². The topological polar surface area (TPSA) is 38.1 Å². The van der Waals surface area contributed by atoms with Crippen molar-refractivity contribution >= 4 is 11.6 Å². The van der Waals surface area contributed by atoms with E-state index in [1.54, 1.807) is 0 Å². The molecule has 6 heteroatoms. The van der Waals surface area contributed by atoms with E-state index in [1.165, 1.54) is 6.26 Å². The second-order valence-electron chi connectivity index (χ2n) is 4.07. The number of nitrogens with one attached hydrogen (secondary N) is 1. The lowest BCUT2D eigenvalue weighted by Gasteiger charge is -2.00. The van der Waals surface area contributed by atoms with Crippen LogP contribution in [-0.4, -0.2) is 11.5 Å². The van der Waals surface area contributed by atoms with E-state index in [4.69, 9.17) is 16.0 Å². The van der Waals surface area contributed by atoms with Gasteiger partial charge in [-0.15, -0.1) is 0 Å². The molecule has 0 aliphatic carbocycles. The van der Waals surface area contributed by atoms with Crippen LogP contribution < -0.4 is 5.32 Å². The van der Waals surface area contributed by atoms with E-state index >= 15 is 0 Å². The minimum atomic E-state index is -0.707. The summed E-state index contributed by atoms with van der Waals surface area (Å²) in [6.07, 6.45) is 2.42. The van der Waals surface area contributed by atoms with Gasteiger partial charge in [0.2, 0.25) is 5.89 Å². The quantitative estimate of drug-likeness (QED) is 0.671. The van der Waals surface area contributed by atoms with Crippen molar-refractivity contribution in [2.45, 2.75) is 19.9 Å². The van der Waals surface area contributed by atoms with E-state index in [0.29, 0.717) is 12.2 Å². The third kappa shape index (κ3) is 3.30. The average molecular weight is 287 g/mol. The Kier molecular flexibility index (Phi) is 4.50. The zero-order valence-electron chi connectivity index (χ0n) is 10.3. The van der Waals surface area contributed by atoms with Crippen molar-refractivity contribution in [2.75, 3.05) is 6.54 Å². The summed E-state index contributed by atoms with van der Waals surface area (Å²) in [5.41, 5.74) is 0.599. The van der Waals surface area contributed by atoms with Crippen molar-refractivity contribution in [3.8, 4) is 11.5 Å². The van der Waals surface area contributed by atoms with Gasteiger partial charge >= 0.3 is 0 Å². The summed E-state index contributed by atoms with van der Waals surface area (Å²) in [6, 6.07) is 1.89. The lowest BCUT2D eigenvalue weighted by Crippen LogP contribution is -2.13. The first kappa shape index (κ1) is 14.0. The van der Waals surface area contributed by atoms with Crippen LogP contribution in [0.5, 0.6) is 0 Å². The Morgan fingerprint density at radius 1 is 1.32 bits per heavy atom. The Bertz CT molecular complexity index is 572. The van der Waals surface area contributed by atoms with Crippen LogP contribution >= 0.6 is 11.6 Å². The van der Waals surface area contributed by atoms with Crippen molar-refractivity contribution in [1.82, 2.24) is 10.3 Å². The fourth-order valence-electron chi connectivity index (χ4n) is 1.59. The zero-order valence-corrected chi connectivity index (χ0v) is 11.1. The van der Waals surface area contributed by atoms with Crippen molar-refractivity contribution in [2.24, 2.45) is 0 Å². The van der Waals surface area contributed by atoms with Crippen LogP contribution in [0, 0.1) is 11.6 Å². The molecule has 1 N–H and O–H groups in total. The fourth-order valence-corrected chi connectivity index (χ4v) is 1.74. The van der Waals surface area contributed by atoms with Crippen molar-refractivity contribution in [1.29, 1.82) is 0 Å². The average Bonchev–Trinajstić information content (AvgIpc) is 2.83. The number of benzene rings is 1. The Hall–Kier alpha value is -1.46. The molecule has 0 aliphatic heterocycles. The van der Waals surface area contributed by atoms with Gasteiger partial charge in [-0.1, -0.05) is 18.5 Å². The van der Waals surface area contributed by atoms with Crippen molar-refractivity contribution in [3.63, 3.8) is 0 Å². The molecule has 3 nitrogen and oxygen atoms in total. The van der Waals surface area contributed by atoms with E-state index in [0.717, 1.165) is 25.1 Å². The molecule has 1 aromatic heterocycles. The van der Waals surface area contributed by atoms with Gasteiger partial charge in [-0.3, -0.25) is 0 Å². The smallest absolute Gasteiger partial charge is 0.229 e. The molecule has 2 aromatic rings. The summed E-state index contributed by atoms with van der Waals surface area (Å²) >= 11 is 5.49. The fraction of sp³-hybridized carbons (Fsp3) is 0.308. The first-order valence-electron chi connectivity index (χ1n) is 5.92. The van der Waals surface area contributed by atoms with Crippen LogP contribution in [-0.2, 0) is 6.54 Å². The predicted molar refractivity (Wildman–Crippen MR) is 68.9 cm³/mol. The van der Waals surface area contributed by atoms with Gasteiger partial charge in [0.25, 0.3) is 0 Å². The zero-order chi connectivity index (χ0) is 13.8. The summed E-state index contributed by atoms with van der Waals surface area (Å²) in [5.74, 6) is -1.33. The van der Waals surface area contributed by atoms with Gasteiger partial charge in [-0.05, 0) is 25.1 Å². The first-order valence-corrected chi connectivity index (χ1v) is 6.29. The summed E-state index contributed by atoms with van der Waals surface area (Å²) < 4.78 is 32.1. The van der Waals surface area contributed by atoms with E-state index in [2.05, 4.69) is 10.3 Å². The number of hydrogen-bond donors (Lipinski definition) is 1. The van der Waals surface area contributed by atoms with Gasteiger partial charge in [-0.25, -0.2) is 13.8 Å². The van der Waals surface area contributed by atoms with E-state index in [9.17, 15) is 8.78 Å². The summed E-state index contributed by atoms with van der Waals surface area (Å²) in [6.45, 7) is 3.42. The highest BCUT2D eigenvalue weighted by molar-refractivity contribution is 6.30. The van der Waals surface area contributed by atoms with E-state index < -0.39 is 11.6 Å². The molecule has 2 rings (SSSR count). The Morgan fingerprint density at radius 2 is 2.11 bits per heavy atom. The lowest BCUT2D eigenvalue weighted by atomic mass is 10.2. The van der Waals surface area contributed by atoms with Crippen LogP contribution in [0.4, 0.5) is 8.78 Å². The lowest BCUT2D eigenvalue weighted by molar-refractivity contribution is 0.554. The van der Waals surface area contributed by atoms with Gasteiger partial charge in [0.05, 0.1) is 16.3 Å². The second kappa shape index (κ2) is 6.12. The maximum absolute atomic E-state index is 13.7. The third-order valence-corrected chi connectivity index (χ3v) is 2.81. The largest absolute Gasteiger partial charge is 0.444 e. The molecule has 1 aromatic carbocycles. The maximum atomic E-state index is 13.7. The van der Waals surface area contributed by atoms with E-state index in [1.807, 2.05) is 6.92 Å². The highest BCUT2D eigenvalue weighted by Crippen LogP contribution is 2.27. The predicted octanol–water partition coefficient (Wildman–Crippen LogP) is 3.77. The molecule has 0 unspecified atom stereocenters. The van der Waals surface area contributed by atoms with Gasteiger partial charge in [-0.2, -0.15) is 0 Å². The standard InChI is InChI=1S/C13H13ClF2N2O/c1-2-3-17-6-8-7-19-13(18-8)9-4-12(16)10(14)5-11(9)15/h4-5,7,17H,2-3,6H2,1H3. The SMILES string of the molecule is CCCNCc1coc(-c2cc(F)c(Cl)cc2F)n1. The molecule has 0 saturated carbocycles. The van der Waals surface area contributed by atoms with Crippen LogP contribution in [0.1, 0.15) is 19.0 Å². The highest BCUT2D eigenvalue weighted by Gasteiger charge is 2.15. The number of nitrogens with zero attached hydrogens (tertiary/aromatic N) is 1. The minimum Gasteiger partial charge on any atom is -0.444 e. The number of hydrogen-bond acceptors (Lipinski definition) is 3. The maximum Gasteiger partial charge on any atom is 0.229 e. The van der Waals surface area contributed by atoms with Gasteiger partial charge < -0.3 is 9.73 Å². The molecule has 0 aliphatic rings. The molecule has 102 valence electrons. The molecule has 0 saturated heterocycles. The van der Waals surface area contributed by atoms with Crippen LogP contribution in [0.15, 0.2) is 22.8 Å². The van der Waals surface area contributed by atoms with Crippen molar-refractivity contribution < 1.29 is 13.2 Å². The normalized spacial score (nSPS) is 10.9. The number of halogens is 3. The molecule has 0 bridgehead atoms. The Balaban J connectivity index is 2.20. The third-order valence-electron chi connectivity index (χ3n) is 2.53. The molecule has 0 atom stereocenters. The summed E-state index contributed by atoms with van der Waals surface area (Å²) in [4.78, 5) is 4.11. The molecule has 0 radical (unpaired) electrons. The molecule has 0 fully saturated rings. The van der Waals surface area contributed by atoms with Crippen LogP contribution in [0.25, 0.3) is 11.5 Å². The summed E-state index contributed by atoms with van der Waals surface area (Å²) in [5, 5.41) is 2.87. The molecule has 1 heterocycles. The van der Waals surface area contributed by atoms with Gasteiger partial charge in [0.1, 0.15) is 17.9 Å². The molecular weight excluding hydrogens is 274 g/mol. The number of oxazole rings is 1. The molecule has 0 spiro atoms. The Labute approximate surface area is 114 Å². The van der Waals surface area contributed by atoms with Crippen molar-refractivity contribution in [3.05, 3.63) is 40.7 Å². The number of rotatable bonds is 5. The highest BCUT2D eigenvalue weighted by atomic mass is 35.5. The van der Waals surface area contributed by atoms with Crippen LogP contribution in [0.2, 0.25) is 5.02 Å². The second-order valence-corrected chi connectivity index (χ2v) is 4.47. The molecule has 19 heavy (non-hydrogen) atoms. The first-order chi connectivity index (χ1) is 9.11. The monoisotopic (exact) mass is 286 g/mol. The minimum absolute atomic E-state index is 0.0383. The number of aromatic nitrogens is 1. The summed E-state index contributed by atoms with van der Waals surface area (Å²) in [7, 11) is 0. The van der Waals surface area contributed by atoms with Gasteiger partial charge in [0, 0.05) is 6.54 Å². The Morgan fingerprint density at radius 3 is 2.84 bits per heavy atom. The van der Waals surface area contributed by atoms with Crippen LogP contribution in [0.3, 0.4) is 0 Å². The van der Waals surface area contributed by atoms with Gasteiger partial charge in [0.15, 0.2) is 0 Å².